The molecule has 2 aliphatic heterocycles. The maximum absolute atomic E-state index is 12.5. The minimum atomic E-state index is -0.947. The third kappa shape index (κ3) is 5.28. The molecule has 0 bridgehead atoms. The molecular weight excluding hydrogens is 464 g/mol. The second kappa shape index (κ2) is 11.5. The summed E-state index contributed by atoms with van der Waals surface area (Å²) in [4.78, 5) is 17.1. The summed E-state index contributed by atoms with van der Waals surface area (Å²) in [6.45, 7) is 4.49. The van der Waals surface area contributed by atoms with Crippen molar-refractivity contribution >= 4 is 6.03 Å². The Morgan fingerprint density at radius 1 is 1.08 bits per heavy atom. The second-order valence-electron chi connectivity index (χ2n) is 11.1. The van der Waals surface area contributed by atoms with Crippen molar-refractivity contribution in [1.82, 2.24) is 20.4 Å². The Hall–Kier alpha value is -2.45. The smallest absolute Gasteiger partial charge is 0.314 e. The van der Waals surface area contributed by atoms with Crippen molar-refractivity contribution < 1.29 is 14.6 Å². The molecule has 5 rings (SSSR count). The predicted molar refractivity (Wildman–Crippen MR) is 145 cm³/mol. The van der Waals surface area contributed by atoms with Crippen molar-refractivity contribution in [2.75, 3.05) is 33.8 Å². The number of rotatable bonds is 7. The number of carbonyl (C=O) groups is 1. The Morgan fingerprint density at radius 2 is 1.81 bits per heavy atom. The van der Waals surface area contributed by atoms with E-state index in [1.54, 1.807) is 14.2 Å². The van der Waals surface area contributed by atoms with Crippen LogP contribution in [-0.2, 0) is 23.2 Å². The van der Waals surface area contributed by atoms with Gasteiger partial charge in [-0.3, -0.25) is 9.80 Å². The zero-order valence-electron chi connectivity index (χ0n) is 22.2. The Morgan fingerprint density at radius 3 is 2.54 bits per heavy atom. The quantitative estimate of drug-likeness (QED) is 0.500. The lowest BCUT2D eigenvalue weighted by molar-refractivity contribution is -0.194. The van der Waals surface area contributed by atoms with Gasteiger partial charge in [-0.25, -0.2) is 4.79 Å². The lowest BCUT2D eigenvalue weighted by atomic mass is 9.56. The number of hydrogen-bond donors (Lipinski definition) is 3. The van der Waals surface area contributed by atoms with Gasteiger partial charge in [0.1, 0.15) is 0 Å². The maximum atomic E-state index is 12.5. The Balaban J connectivity index is 1.49. The molecule has 200 valence electrons. The zero-order valence-corrected chi connectivity index (χ0v) is 22.2. The summed E-state index contributed by atoms with van der Waals surface area (Å²) >= 11 is 0. The normalized spacial score (nSPS) is 28.0. The fourth-order valence-corrected chi connectivity index (χ4v) is 7.52. The monoisotopic (exact) mass is 506 g/mol. The first-order valence-corrected chi connectivity index (χ1v) is 13.8. The summed E-state index contributed by atoms with van der Waals surface area (Å²) in [7, 11) is 3.25. The lowest BCUT2D eigenvalue weighted by Crippen LogP contribution is -2.61. The third-order valence-corrected chi connectivity index (χ3v) is 9.17. The first-order valence-electron chi connectivity index (χ1n) is 13.8. The number of nitrogens with zero attached hydrogens (tertiary/aromatic N) is 2. The van der Waals surface area contributed by atoms with Gasteiger partial charge in [-0.2, -0.15) is 0 Å². The standard InChI is InChI=1S/C30H42N4O3/c1-31-28(35)32-27-14-8-13-26(27)30(21-34(29(36)37-2)20-23-11-6-7-12-25(23)30)24-15-17-33(18-16-24)19-22-9-4-3-5-10-22/h3-7,9-12,24,26-27,29,36H,8,13-21H2,1-2H3,(H2,31,32,35)/t26-,27-,29?,30?/m0/s1. The molecule has 3 N–H and O–H groups in total. The summed E-state index contributed by atoms with van der Waals surface area (Å²) in [6, 6.07) is 19.5. The average molecular weight is 507 g/mol. The van der Waals surface area contributed by atoms with Crippen LogP contribution >= 0.6 is 0 Å². The second-order valence-corrected chi connectivity index (χ2v) is 11.1. The molecule has 0 spiro atoms. The fraction of sp³-hybridized carbons (Fsp3) is 0.567. The SMILES string of the molecule is CNC(=O)N[C@H]1CCC[C@@H]1C1(C2CCN(Cc3ccccc3)CC2)CN(C(O)OC)Cc2ccccc21. The molecule has 1 saturated heterocycles. The molecule has 0 radical (unpaired) electrons. The number of aliphatic hydroxyl groups is 1. The lowest BCUT2D eigenvalue weighted by Gasteiger charge is -2.55. The summed E-state index contributed by atoms with van der Waals surface area (Å²) in [5, 5.41) is 16.9. The molecule has 2 unspecified atom stereocenters. The number of aliphatic hydroxyl groups excluding tert-OH is 1. The largest absolute Gasteiger partial charge is 0.356 e. The first-order chi connectivity index (χ1) is 18.0. The maximum Gasteiger partial charge on any atom is 0.314 e. The van der Waals surface area contributed by atoms with E-state index < -0.39 is 6.41 Å². The first kappa shape index (κ1) is 26.2. The van der Waals surface area contributed by atoms with E-state index in [1.165, 1.54) is 16.7 Å². The van der Waals surface area contributed by atoms with Crippen LogP contribution in [0, 0.1) is 11.8 Å². The van der Waals surface area contributed by atoms with Crippen molar-refractivity contribution in [3.63, 3.8) is 0 Å². The molecule has 7 nitrogen and oxygen atoms in total. The molecule has 37 heavy (non-hydrogen) atoms. The molecule has 2 fully saturated rings. The number of benzene rings is 2. The van der Waals surface area contributed by atoms with Crippen LogP contribution < -0.4 is 10.6 Å². The highest BCUT2D eigenvalue weighted by molar-refractivity contribution is 5.74. The van der Waals surface area contributed by atoms with Crippen LogP contribution in [0.15, 0.2) is 54.6 Å². The number of fused-ring (bicyclic) bond motifs is 1. The predicted octanol–water partition coefficient (Wildman–Crippen LogP) is 3.67. The van der Waals surface area contributed by atoms with Gasteiger partial charge >= 0.3 is 6.03 Å². The van der Waals surface area contributed by atoms with Crippen LogP contribution in [0.2, 0.25) is 0 Å². The van der Waals surface area contributed by atoms with E-state index in [0.717, 1.165) is 58.3 Å². The fourth-order valence-electron chi connectivity index (χ4n) is 7.52. The summed E-state index contributed by atoms with van der Waals surface area (Å²) in [5.74, 6) is 0.744. The van der Waals surface area contributed by atoms with Crippen LogP contribution in [0.3, 0.4) is 0 Å². The molecule has 1 saturated carbocycles. The van der Waals surface area contributed by atoms with Gasteiger partial charge in [0.2, 0.25) is 6.41 Å². The van der Waals surface area contributed by atoms with Crippen molar-refractivity contribution in [3.05, 3.63) is 71.3 Å². The van der Waals surface area contributed by atoms with E-state index in [2.05, 4.69) is 75.0 Å². The van der Waals surface area contributed by atoms with Gasteiger partial charge in [0.25, 0.3) is 0 Å². The van der Waals surface area contributed by atoms with Gasteiger partial charge in [0.05, 0.1) is 0 Å². The third-order valence-electron chi connectivity index (χ3n) is 9.17. The van der Waals surface area contributed by atoms with E-state index in [9.17, 15) is 9.90 Å². The number of hydrogen-bond acceptors (Lipinski definition) is 5. The number of likely N-dealkylation sites (tertiary alicyclic amines) is 1. The highest BCUT2D eigenvalue weighted by Crippen LogP contribution is 2.53. The molecule has 2 heterocycles. The van der Waals surface area contributed by atoms with Gasteiger partial charge in [0.15, 0.2) is 0 Å². The van der Waals surface area contributed by atoms with Crippen LogP contribution in [0.1, 0.15) is 48.8 Å². The van der Waals surface area contributed by atoms with Crippen molar-refractivity contribution in [3.8, 4) is 0 Å². The number of urea groups is 1. The Kier molecular flexibility index (Phi) is 8.15. The van der Waals surface area contributed by atoms with Crippen LogP contribution in [0.5, 0.6) is 0 Å². The summed E-state index contributed by atoms with van der Waals surface area (Å²) < 4.78 is 5.43. The Labute approximate surface area is 221 Å². The van der Waals surface area contributed by atoms with E-state index in [4.69, 9.17) is 4.74 Å². The number of methoxy groups -OCH3 is 1. The molecule has 4 atom stereocenters. The number of piperidine rings is 1. The number of nitrogens with one attached hydrogen (secondary N) is 2. The highest BCUT2D eigenvalue weighted by Gasteiger charge is 2.55. The van der Waals surface area contributed by atoms with Gasteiger partial charge in [-0.15, -0.1) is 0 Å². The summed E-state index contributed by atoms with van der Waals surface area (Å²) in [6.07, 6.45) is 4.41. The zero-order chi connectivity index (χ0) is 25.8. The van der Waals surface area contributed by atoms with Gasteiger partial charge in [0, 0.05) is 45.2 Å². The number of amides is 2. The molecule has 2 aromatic rings. The highest BCUT2D eigenvalue weighted by atomic mass is 16.6. The summed E-state index contributed by atoms with van der Waals surface area (Å²) in [5.41, 5.74) is 3.86. The van der Waals surface area contributed by atoms with Crippen LogP contribution in [0.25, 0.3) is 0 Å². The van der Waals surface area contributed by atoms with Gasteiger partial charge in [-0.05, 0) is 67.3 Å². The molecule has 3 aliphatic rings. The van der Waals surface area contributed by atoms with Crippen molar-refractivity contribution in [1.29, 1.82) is 0 Å². The molecule has 2 amide bonds. The average Bonchev–Trinajstić information content (AvgIpc) is 3.41. The van der Waals surface area contributed by atoms with E-state index in [-0.39, 0.29) is 17.5 Å². The van der Waals surface area contributed by atoms with E-state index in [1.807, 2.05) is 0 Å². The number of ether oxygens (including phenoxy) is 1. The van der Waals surface area contributed by atoms with Crippen molar-refractivity contribution in [2.24, 2.45) is 11.8 Å². The minimum Gasteiger partial charge on any atom is -0.356 e. The molecule has 1 aliphatic carbocycles. The molecule has 7 heteroatoms. The van der Waals surface area contributed by atoms with Crippen LogP contribution in [-0.4, -0.2) is 67.2 Å². The minimum absolute atomic E-state index is 0.106. The van der Waals surface area contributed by atoms with Crippen LogP contribution in [0.4, 0.5) is 4.79 Å². The van der Waals surface area contributed by atoms with Crippen molar-refractivity contribution in [2.45, 2.75) is 63.1 Å². The molecular formula is C30H42N4O3. The molecule has 0 aromatic heterocycles. The van der Waals surface area contributed by atoms with Gasteiger partial charge in [-0.1, -0.05) is 61.0 Å². The number of carbonyl (C=O) groups excluding carboxylic acids is 1. The van der Waals surface area contributed by atoms with E-state index >= 15 is 0 Å². The Bertz CT molecular complexity index is 1040. The topological polar surface area (TPSA) is 77.1 Å². The molecule has 2 aromatic carbocycles. The van der Waals surface area contributed by atoms with E-state index in [0.29, 0.717) is 18.4 Å². The van der Waals surface area contributed by atoms with Gasteiger partial charge < -0.3 is 20.5 Å².